The summed E-state index contributed by atoms with van der Waals surface area (Å²) in [6, 6.07) is 8.02. The number of para-hydroxylation sites is 1. The van der Waals surface area contributed by atoms with Crippen LogP contribution in [0.1, 0.15) is 31.7 Å². The van der Waals surface area contributed by atoms with Crippen molar-refractivity contribution in [2.45, 2.75) is 31.7 Å². The first-order valence-electron chi connectivity index (χ1n) is 6.51. The largest absolute Gasteiger partial charge is 0.308 e. The predicted octanol–water partition coefficient (Wildman–Crippen LogP) is 1.95. The Morgan fingerprint density at radius 2 is 2.22 bits per heavy atom. The summed E-state index contributed by atoms with van der Waals surface area (Å²) in [5, 5.41) is 4.99. The van der Waals surface area contributed by atoms with Gasteiger partial charge in [0.2, 0.25) is 0 Å². The van der Waals surface area contributed by atoms with Crippen molar-refractivity contribution in [3.05, 3.63) is 29.8 Å². The molecule has 0 bridgehead atoms. The van der Waals surface area contributed by atoms with E-state index in [1.165, 1.54) is 11.5 Å². The molecular formula is C14H18N2O2. The third-order valence-corrected chi connectivity index (χ3v) is 3.85. The second-order valence-corrected chi connectivity index (χ2v) is 5.15. The van der Waals surface area contributed by atoms with Gasteiger partial charge in [-0.15, -0.1) is 0 Å². The quantitative estimate of drug-likeness (QED) is 0.867. The molecule has 2 fully saturated rings. The smallest absolute Gasteiger partial charge is 0.253 e. The Balaban J connectivity index is 2.02. The third-order valence-electron chi connectivity index (χ3n) is 3.85. The van der Waals surface area contributed by atoms with Gasteiger partial charge in [0, 0.05) is 5.54 Å². The molecule has 2 aliphatic heterocycles. The number of carbonyl (C=O) groups excluding carboxylic acids is 1. The second-order valence-electron chi connectivity index (χ2n) is 5.15. The molecule has 0 radical (unpaired) electrons. The number of carbonyl (C=O) groups is 1. The first kappa shape index (κ1) is 11.7. The van der Waals surface area contributed by atoms with Crippen molar-refractivity contribution in [1.82, 2.24) is 5.32 Å². The average molecular weight is 246 g/mol. The number of nitrogens with zero attached hydrogens (tertiary/aromatic N) is 1. The Hall–Kier alpha value is -1.39. The van der Waals surface area contributed by atoms with E-state index in [9.17, 15) is 4.79 Å². The molecule has 4 heteroatoms. The lowest BCUT2D eigenvalue weighted by atomic mass is 9.89. The fraction of sp³-hybridized carbons (Fsp3) is 0.500. The van der Waals surface area contributed by atoms with Gasteiger partial charge in [-0.3, -0.25) is 9.63 Å². The van der Waals surface area contributed by atoms with Gasteiger partial charge in [-0.05, 0) is 37.9 Å². The highest BCUT2D eigenvalue weighted by Gasteiger charge is 2.35. The molecule has 1 atom stereocenters. The van der Waals surface area contributed by atoms with Crippen molar-refractivity contribution >= 4 is 11.6 Å². The molecule has 1 aromatic rings. The summed E-state index contributed by atoms with van der Waals surface area (Å²) in [4.78, 5) is 17.3. The van der Waals surface area contributed by atoms with Crippen LogP contribution in [0.5, 0.6) is 0 Å². The summed E-state index contributed by atoms with van der Waals surface area (Å²) in [5.41, 5.74) is 1.98. The van der Waals surface area contributed by atoms with Crippen molar-refractivity contribution in [2.24, 2.45) is 0 Å². The number of hydrogen-bond acceptors (Lipinski definition) is 3. The molecular weight excluding hydrogens is 228 g/mol. The highest BCUT2D eigenvalue weighted by Crippen LogP contribution is 2.37. The van der Waals surface area contributed by atoms with Crippen LogP contribution in [0.2, 0.25) is 0 Å². The molecule has 0 aromatic heterocycles. The van der Waals surface area contributed by atoms with E-state index in [0.29, 0.717) is 13.0 Å². The van der Waals surface area contributed by atoms with E-state index in [-0.39, 0.29) is 11.4 Å². The van der Waals surface area contributed by atoms with Crippen LogP contribution in [-0.2, 0) is 15.2 Å². The number of rotatable bonds is 2. The molecule has 1 N–H and O–H groups in total. The van der Waals surface area contributed by atoms with Gasteiger partial charge in [-0.2, -0.15) is 5.06 Å². The first-order valence-corrected chi connectivity index (χ1v) is 6.51. The van der Waals surface area contributed by atoms with Gasteiger partial charge in [-0.1, -0.05) is 18.2 Å². The molecule has 3 rings (SSSR count). The van der Waals surface area contributed by atoms with Gasteiger partial charge in [0.15, 0.2) is 0 Å². The molecule has 0 saturated carbocycles. The van der Waals surface area contributed by atoms with Crippen LogP contribution in [0.4, 0.5) is 5.69 Å². The molecule has 2 heterocycles. The predicted molar refractivity (Wildman–Crippen MR) is 69.1 cm³/mol. The number of anilines is 1. The van der Waals surface area contributed by atoms with Crippen LogP contribution in [0, 0.1) is 0 Å². The minimum absolute atomic E-state index is 0.0454. The van der Waals surface area contributed by atoms with E-state index in [0.717, 1.165) is 24.2 Å². The number of amides is 1. The summed E-state index contributed by atoms with van der Waals surface area (Å²) in [5.74, 6) is 0.0454. The summed E-state index contributed by atoms with van der Waals surface area (Å²) in [6.45, 7) is 3.70. The number of benzene rings is 1. The normalized spacial score (nSPS) is 28.1. The SMILES string of the molecule is CC1(c2ccccc2N2OCCC2=O)CCCN1. The summed E-state index contributed by atoms with van der Waals surface area (Å²) < 4.78 is 0. The van der Waals surface area contributed by atoms with Gasteiger partial charge < -0.3 is 5.32 Å². The molecule has 18 heavy (non-hydrogen) atoms. The zero-order valence-corrected chi connectivity index (χ0v) is 10.6. The minimum Gasteiger partial charge on any atom is -0.308 e. The second kappa shape index (κ2) is 4.37. The zero-order chi connectivity index (χ0) is 12.6. The topological polar surface area (TPSA) is 41.6 Å². The standard InChI is InChI=1S/C14H18N2O2/c1-14(8-4-9-15-14)11-5-2-3-6-12(11)16-13(17)7-10-18-16/h2-3,5-6,15H,4,7-10H2,1H3. The van der Waals surface area contributed by atoms with E-state index in [1.807, 2.05) is 18.2 Å². The van der Waals surface area contributed by atoms with Gasteiger partial charge in [0.1, 0.15) is 0 Å². The molecule has 1 aromatic carbocycles. The number of hydrogen-bond donors (Lipinski definition) is 1. The summed E-state index contributed by atoms with van der Waals surface area (Å²) in [6.07, 6.45) is 2.73. The fourth-order valence-corrected chi connectivity index (χ4v) is 2.84. The van der Waals surface area contributed by atoms with Crippen molar-refractivity contribution < 1.29 is 9.63 Å². The zero-order valence-electron chi connectivity index (χ0n) is 10.6. The highest BCUT2D eigenvalue weighted by molar-refractivity contribution is 5.93. The van der Waals surface area contributed by atoms with E-state index in [4.69, 9.17) is 4.84 Å². The average Bonchev–Trinajstić information content (AvgIpc) is 2.99. The van der Waals surface area contributed by atoms with E-state index in [1.54, 1.807) is 0 Å². The van der Waals surface area contributed by atoms with E-state index < -0.39 is 0 Å². The van der Waals surface area contributed by atoms with Gasteiger partial charge >= 0.3 is 0 Å². The Bertz CT molecular complexity index is 467. The molecule has 2 aliphatic rings. The Labute approximate surface area is 107 Å². The summed E-state index contributed by atoms with van der Waals surface area (Å²) >= 11 is 0. The maximum absolute atomic E-state index is 11.8. The van der Waals surface area contributed by atoms with Crippen molar-refractivity contribution in [3.8, 4) is 0 Å². The molecule has 2 saturated heterocycles. The van der Waals surface area contributed by atoms with Crippen LogP contribution in [0.25, 0.3) is 0 Å². The Morgan fingerprint density at radius 1 is 1.39 bits per heavy atom. The van der Waals surface area contributed by atoms with Crippen LogP contribution in [-0.4, -0.2) is 19.1 Å². The maximum atomic E-state index is 11.8. The summed E-state index contributed by atoms with van der Waals surface area (Å²) in [7, 11) is 0. The van der Waals surface area contributed by atoms with Crippen LogP contribution < -0.4 is 10.4 Å². The van der Waals surface area contributed by atoms with Crippen LogP contribution in [0.3, 0.4) is 0 Å². The van der Waals surface area contributed by atoms with Crippen molar-refractivity contribution in [3.63, 3.8) is 0 Å². The maximum Gasteiger partial charge on any atom is 0.253 e. The lowest BCUT2D eigenvalue weighted by molar-refractivity contribution is -0.119. The molecule has 0 aliphatic carbocycles. The fourth-order valence-electron chi connectivity index (χ4n) is 2.84. The Morgan fingerprint density at radius 3 is 2.89 bits per heavy atom. The lowest BCUT2D eigenvalue weighted by Gasteiger charge is -2.29. The lowest BCUT2D eigenvalue weighted by Crippen LogP contribution is -2.36. The molecule has 0 spiro atoms. The van der Waals surface area contributed by atoms with Crippen LogP contribution in [0.15, 0.2) is 24.3 Å². The van der Waals surface area contributed by atoms with E-state index >= 15 is 0 Å². The van der Waals surface area contributed by atoms with Gasteiger partial charge in [0.25, 0.3) is 5.91 Å². The first-order chi connectivity index (χ1) is 8.71. The monoisotopic (exact) mass is 246 g/mol. The number of hydroxylamine groups is 1. The third kappa shape index (κ3) is 1.82. The van der Waals surface area contributed by atoms with Crippen molar-refractivity contribution in [1.29, 1.82) is 0 Å². The number of nitrogens with one attached hydrogen (secondary N) is 1. The molecule has 4 nitrogen and oxygen atoms in total. The van der Waals surface area contributed by atoms with Gasteiger partial charge in [0.05, 0.1) is 18.7 Å². The minimum atomic E-state index is -0.0528. The molecule has 1 amide bonds. The van der Waals surface area contributed by atoms with Gasteiger partial charge in [-0.25, -0.2) is 0 Å². The van der Waals surface area contributed by atoms with Crippen molar-refractivity contribution in [2.75, 3.05) is 18.2 Å². The molecule has 96 valence electrons. The van der Waals surface area contributed by atoms with E-state index in [2.05, 4.69) is 18.3 Å². The van der Waals surface area contributed by atoms with Crippen LogP contribution >= 0.6 is 0 Å². The highest BCUT2D eigenvalue weighted by atomic mass is 16.7. The Kier molecular flexibility index (Phi) is 2.84. The molecule has 1 unspecified atom stereocenters.